The zero-order valence-electron chi connectivity index (χ0n) is 19.2. The highest BCUT2D eigenvalue weighted by Crippen LogP contribution is 2.44. The van der Waals surface area contributed by atoms with Gasteiger partial charge in [0.15, 0.2) is 6.10 Å². The van der Waals surface area contributed by atoms with Gasteiger partial charge in [0.25, 0.3) is 0 Å². The maximum atomic E-state index is 15.2. The molecule has 0 spiro atoms. The molecular weight excluding hydrogens is 468 g/mol. The topological polar surface area (TPSA) is 129 Å². The zero-order valence-corrected chi connectivity index (χ0v) is 19.2. The molecule has 190 valence electrons. The smallest absolute Gasteiger partial charge is 0.412 e. The number of amides is 1. The van der Waals surface area contributed by atoms with E-state index in [2.05, 4.69) is 10.3 Å². The first-order chi connectivity index (χ1) is 16.6. The van der Waals surface area contributed by atoms with Crippen LogP contribution in [0.1, 0.15) is 32.1 Å². The summed E-state index contributed by atoms with van der Waals surface area (Å²) in [6.07, 6.45) is -5.64. The molecule has 12 heteroatoms. The first kappa shape index (κ1) is 26.2. The number of aliphatic hydroxyl groups is 1. The summed E-state index contributed by atoms with van der Waals surface area (Å²) in [7, 11) is 0. The van der Waals surface area contributed by atoms with Crippen LogP contribution in [0.2, 0.25) is 0 Å². The molecule has 3 atom stereocenters. The largest absolute Gasteiger partial charge is 0.453 e. The molecule has 0 bridgehead atoms. The van der Waals surface area contributed by atoms with E-state index in [-0.39, 0.29) is 31.2 Å². The van der Waals surface area contributed by atoms with Crippen molar-refractivity contribution in [2.24, 2.45) is 5.92 Å². The molecule has 2 heterocycles. The Morgan fingerprint density at radius 1 is 1.26 bits per heavy atom. The average Bonchev–Trinajstić information content (AvgIpc) is 3.06. The fraction of sp³-hybridized carbons (Fsp3) is 0.478. The number of alkyl halides is 2. The summed E-state index contributed by atoms with van der Waals surface area (Å²) >= 11 is 0. The Bertz CT molecular complexity index is 1080. The normalized spacial score (nSPS) is 21.0. The highest BCUT2D eigenvalue weighted by molar-refractivity contribution is 5.83. The van der Waals surface area contributed by atoms with Crippen LogP contribution < -0.4 is 11.0 Å². The van der Waals surface area contributed by atoms with Gasteiger partial charge in [-0.1, -0.05) is 44.2 Å². The lowest BCUT2D eigenvalue weighted by Gasteiger charge is -2.24. The second-order valence-electron chi connectivity index (χ2n) is 8.40. The number of aliphatic hydroxyl groups excluding tert-OH is 1. The predicted molar refractivity (Wildman–Crippen MR) is 119 cm³/mol. The maximum absolute atomic E-state index is 15.2. The summed E-state index contributed by atoms with van der Waals surface area (Å²) in [4.78, 5) is 40.0. The molecule has 3 rings (SSSR count). The van der Waals surface area contributed by atoms with Crippen LogP contribution in [0.4, 0.5) is 19.4 Å². The van der Waals surface area contributed by atoms with Crippen molar-refractivity contribution in [2.45, 2.75) is 51.0 Å². The van der Waals surface area contributed by atoms with Crippen LogP contribution in [-0.4, -0.2) is 58.1 Å². The number of esters is 1. The van der Waals surface area contributed by atoms with E-state index < -0.39 is 48.7 Å². The molecule has 1 aromatic carbocycles. The maximum Gasteiger partial charge on any atom is 0.412 e. The summed E-state index contributed by atoms with van der Waals surface area (Å²) in [5, 5.41) is 11.8. The van der Waals surface area contributed by atoms with E-state index in [4.69, 9.17) is 14.2 Å². The highest BCUT2D eigenvalue weighted by Gasteiger charge is 2.62. The van der Waals surface area contributed by atoms with E-state index in [1.807, 2.05) is 19.9 Å². The third kappa shape index (κ3) is 6.61. The number of hydrogen-bond acceptors (Lipinski definition) is 8. The van der Waals surface area contributed by atoms with Gasteiger partial charge in [0.1, 0.15) is 11.9 Å². The molecule has 1 aliphatic rings. The lowest BCUT2D eigenvalue weighted by molar-refractivity contribution is -0.176. The molecule has 2 N–H and O–H groups in total. The van der Waals surface area contributed by atoms with Crippen LogP contribution in [0.25, 0.3) is 0 Å². The van der Waals surface area contributed by atoms with Crippen LogP contribution in [0, 0.1) is 5.92 Å². The molecule has 1 amide bonds. The van der Waals surface area contributed by atoms with Crippen molar-refractivity contribution in [3.63, 3.8) is 0 Å². The zero-order chi connectivity index (χ0) is 25.6. The summed E-state index contributed by atoms with van der Waals surface area (Å²) in [5.74, 6) is -4.87. The van der Waals surface area contributed by atoms with Crippen LogP contribution >= 0.6 is 0 Å². The molecule has 1 saturated heterocycles. The molecule has 35 heavy (non-hydrogen) atoms. The number of nitrogens with zero attached hydrogens (tertiary/aromatic N) is 2. The minimum Gasteiger partial charge on any atom is -0.453 e. The molecule has 2 aromatic rings. The lowest BCUT2D eigenvalue weighted by atomic mass is 10.1. The molecule has 0 aliphatic carbocycles. The van der Waals surface area contributed by atoms with Crippen LogP contribution in [-0.2, 0) is 25.4 Å². The SMILES string of the molecule is CC(C)COC(=O)Nc1ccn([C@@H]2O[C@H](CO)[C@@H](OC(=O)CCc3ccccc3)C2(F)F)c(=O)n1. The van der Waals surface area contributed by atoms with Crippen molar-refractivity contribution in [3.8, 4) is 0 Å². The molecular formula is C23H27F2N3O7. The van der Waals surface area contributed by atoms with Gasteiger partial charge in [-0.15, -0.1) is 0 Å². The second-order valence-corrected chi connectivity index (χ2v) is 8.40. The minimum atomic E-state index is -3.85. The van der Waals surface area contributed by atoms with Crippen LogP contribution in [0.3, 0.4) is 0 Å². The summed E-state index contributed by atoms with van der Waals surface area (Å²) in [6, 6.07) is 10.1. The molecule has 0 unspecified atom stereocenters. The molecule has 10 nitrogen and oxygen atoms in total. The summed E-state index contributed by atoms with van der Waals surface area (Å²) < 4.78 is 46.0. The first-order valence-electron chi connectivity index (χ1n) is 11.0. The Balaban J connectivity index is 1.69. The number of aromatic nitrogens is 2. The third-order valence-electron chi connectivity index (χ3n) is 5.11. The van der Waals surface area contributed by atoms with E-state index in [1.165, 1.54) is 0 Å². The van der Waals surface area contributed by atoms with Crippen LogP contribution in [0.15, 0.2) is 47.4 Å². The van der Waals surface area contributed by atoms with Crippen molar-refractivity contribution in [1.82, 2.24) is 9.55 Å². The average molecular weight is 495 g/mol. The van der Waals surface area contributed by atoms with Gasteiger partial charge in [-0.25, -0.2) is 9.59 Å². The highest BCUT2D eigenvalue weighted by atomic mass is 19.3. The number of hydrogen-bond donors (Lipinski definition) is 2. The Morgan fingerprint density at radius 3 is 2.60 bits per heavy atom. The van der Waals surface area contributed by atoms with Crippen molar-refractivity contribution in [3.05, 3.63) is 58.6 Å². The van der Waals surface area contributed by atoms with Gasteiger partial charge in [-0.3, -0.25) is 14.7 Å². The van der Waals surface area contributed by atoms with Crippen molar-refractivity contribution in [2.75, 3.05) is 18.5 Å². The fourth-order valence-electron chi connectivity index (χ4n) is 3.40. The van der Waals surface area contributed by atoms with Gasteiger partial charge in [-0.2, -0.15) is 13.8 Å². The number of carbonyl (C=O) groups excluding carboxylic acids is 2. The third-order valence-corrected chi connectivity index (χ3v) is 5.11. The number of anilines is 1. The minimum absolute atomic E-state index is 0.0864. The Hall–Kier alpha value is -3.38. The number of carbonyl (C=O) groups is 2. The molecule has 1 fully saturated rings. The van der Waals surface area contributed by atoms with Crippen molar-refractivity contribution in [1.29, 1.82) is 0 Å². The summed E-state index contributed by atoms with van der Waals surface area (Å²) in [5.41, 5.74) is -0.320. The number of rotatable bonds is 9. The number of aryl methyl sites for hydroxylation is 1. The second kappa shape index (κ2) is 11.4. The summed E-state index contributed by atoms with van der Waals surface area (Å²) in [6.45, 7) is 2.94. The van der Waals surface area contributed by atoms with Gasteiger partial charge < -0.3 is 19.3 Å². The quantitative estimate of drug-likeness (QED) is 0.508. The Morgan fingerprint density at radius 2 is 1.97 bits per heavy atom. The van der Waals surface area contributed by atoms with Crippen molar-refractivity contribution < 1.29 is 37.7 Å². The Kier molecular flexibility index (Phi) is 8.52. The van der Waals surface area contributed by atoms with Gasteiger partial charge in [0.05, 0.1) is 13.2 Å². The fourth-order valence-corrected chi connectivity index (χ4v) is 3.40. The molecule has 1 aromatic heterocycles. The van der Waals surface area contributed by atoms with Crippen LogP contribution in [0.5, 0.6) is 0 Å². The molecule has 0 radical (unpaired) electrons. The number of halogens is 2. The monoisotopic (exact) mass is 495 g/mol. The predicted octanol–water partition coefficient (Wildman–Crippen LogP) is 2.52. The van der Waals surface area contributed by atoms with Gasteiger partial charge in [-0.05, 0) is 24.0 Å². The van der Waals surface area contributed by atoms with E-state index in [1.54, 1.807) is 24.3 Å². The van der Waals surface area contributed by atoms with Gasteiger partial charge in [0.2, 0.25) is 6.23 Å². The van der Waals surface area contributed by atoms with Crippen molar-refractivity contribution >= 4 is 17.9 Å². The standard InChI is InChI=1S/C23H27F2N3O7/c1-14(2)13-33-22(32)27-17-10-11-28(21(31)26-17)20-23(24,25)19(16(12-29)34-20)35-18(30)9-8-15-6-4-3-5-7-15/h3-7,10-11,14,16,19-20,29H,8-9,12-13H2,1-2H3,(H,26,27,31,32)/t16-,19-,20-/m1/s1. The van der Waals surface area contributed by atoms with E-state index in [9.17, 15) is 19.5 Å². The first-order valence-corrected chi connectivity index (χ1v) is 11.0. The molecule has 1 aliphatic heterocycles. The molecule has 0 saturated carbocycles. The number of benzene rings is 1. The van der Waals surface area contributed by atoms with Gasteiger partial charge in [0, 0.05) is 12.6 Å². The number of ether oxygens (including phenoxy) is 3. The van der Waals surface area contributed by atoms with E-state index in [0.29, 0.717) is 4.57 Å². The van der Waals surface area contributed by atoms with E-state index in [0.717, 1.165) is 17.8 Å². The Labute approximate surface area is 199 Å². The number of nitrogens with one attached hydrogen (secondary N) is 1. The van der Waals surface area contributed by atoms with Gasteiger partial charge >= 0.3 is 23.7 Å². The lowest BCUT2D eigenvalue weighted by Crippen LogP contribution is -2.44. The van der Waals surface area contributed by atoms with E-state index >= 15 is 8.78 Å².